The number of esters is 1. The summed E-state index contributed by atoms with van der Waals surface area (Å²) in [5.74, 6) is -0.194. The van der Waals surface area contributed by atoms with E-state index in [9.17, 15) is 9.59 Å². The van der Waals surface area contributed by atoms with Crippen LogP contribution in [0.1, 0.15) is 30.1 Å². The normalized spacial score (nSPS) is 9.93. The van der Waals surface area contributed by atoms with E-state index in [1.165, 1.54) is 6.20 Å². The molecule has 0 saturated carbocycles. The van der Waals surface area contributed by atoms with E-state index < -0.39 is 0 Å². The van der Waals surface area contributed by atoms with E-state index in [1.54, 1.807) is 17.8 Å². The lowest BCUT2D eigenvalue weighted by atomic mass is 10.3. The van der Waals surface area contributed by atoms with Gasteiger partial charge in [-0.05, 0) is 13.3 Å². The third-order valence-electron chi connectivity index (χ3n) is 1.86. The topological polar surface area (TPSA) is 61.2 Å². The van der Waals surface area contributed by atoms with E-state index >= 15 is 0 Å². The molecule has 0 amide bonds. The van der Waals surface area contributed by atoms with E-state index in [0.29, 0.717) is 31.6 Å². The second-order valence-corrected chi connectivity index (χ2v) is 3.06. The summed E-state index contributed by atoms with van der Waals surface area (Å²) < 4.78 is 6.42. The van der Waals surface area contributed by atoms with Crippen molar-refractivity contribution in [1.29, 1.82) is 0 Å². The summed E-state index contributed by atoms with van der Waals surface area (Å²) in [6.45, 7) is 2.81. The van der Waals surface area contributed by atoms with Crippen LogP contribution in [-0.4, -0.2) is 28.6 Å². The van der Waals surface area contributed by atoms with Crippen molar-refractivity contribution in [3.05, 3.63) is 18.0 Å². The minimum absolute atomic E-state index is 0.194. The first-order valence-electron chi connectivity index (χ1n) is 4.89. The number of hydrogen-bond acceptors (Lipinski definition) is 4. The highest BCUT2D eigenvalue weighted by Gasteiger charge is 2.02. The van der Waals surface area contributed by atoms with Gasteiger partial charge in [-0.3, -0.25) is 14.3 Å². The summed E-state index contributed by atoms with van der Waals surface area (Å²) in [6, 6.07) is 0. The van der Waals surface area contributed by atoms with Crippen LogP contribution in [-0.2, 0) is 16.1 Å². The first kappa shape index (κ1) is 11.4. The molecule has 0 aliphatic heterocycles. The Balaban J connectivity index is 2.25. The predicted molar refractivity (Wildman–Crippen MR) is 53.5 cm³/mol. The van der Waals surface area contributed by atoms with Crippen molar-refractivity contribution in [2.75, 3.05) is 6.61 Å². The van der Waals surface area contributed by atoms with Crippen molar-refractivity contribution in [3.8, 4) is 0 Å². The molecule has 0 unspecified atom stereocenters. The number of nitrogens with zero attached hydrogens (tertiary/aromatic N) is 2. The maximum atomic E-state index is 11.0. The van der Waals surface area contributed by atoms with Crippen LogP contribution in [0.2, 0.25) is 0 Å². The number of hydrogen-bond donors (Lipinski definition) is 0. The summed E-state index contributed by atoms with van der Waals surface area (Å²) in [4.78, 5) is 21.3. The maximum absolute atomic E-state index is 11.0. The highest BCUT2D eigenvalue weighted by Crippen LogP contribution is 1.99. The number of rotatable bonds is 6. The molecule has 1 heterocycles. The molecule has 0 atom stereocenters. The smallest absolute Gasteiger partial charge is 0.305 e. The molecule has 0 saturated heterocycles. The molecule has 0 bridgehead atoms. The van der Waals surface area contributed by atoms with Crippen molar-refractivity contribution in [1.82, 2.24) is 9.78 Å². The fourth-order valence-electron chi connectivity index (χ4n) is 1.18. The van der Waals surface area contributed by atoms with Gasteiger partial charge < -0.3 is 4.74 Å². The van der Waals surface area contributed by atoms with Crippen molar-refractivity contribution in [2.24, 2.45) is 0 Å². The predicted octanol–water partition coefficient (Wildman–Crippen LogP) is 1.04. The molecule has 1 aromatic heterocycles. The molecular formula is C10H14N2O3. The Kier molecular flexibility index (Phi) is 4.53. The molecule has 1 aromatic rings. The van der Waals surface area contributed by atoms with E-state index in [-0.39, 0.29) is 5.97 Å². The number of ether oxygens (including phenoxy) is 1. The second kappa shape index (κ2) is 5.95. The van der Waals surface area contributed by atoms with Crippen LogP contribution in [0.3, 0.4) is 0 Å². The molecule has 0 fully saturated rings. The Bertz CT molecular complexity index is 333. The average molecular weight is 210 g/mol. The third-order valence-corrected chi connectivity index (χ3v) is 1.86. The van der Waals surface area contributed by atoms with Crippen LogP contribution in [0.15, 0.2) is 12.4 Å². The molecule has 0 aliphatic carbocycles. The van der Waals surface area contributed by atoms with Gasteiger partial charge in [0.05, 0.1) is 18.4 Å². The Labute approximate surface area is 88.0 Å². The summed E-state index contributed by atoms with van der Waals surface area (Å²) in [7, 11) is 0. The third kappa shape index (κ3) is 3.93. The fraction of sp³-hybridized carbons (Fsp3) is 0.500. The van der Waals surface area contributed by atoms with Crippen molar-refractivity contribution < 1.29 is 14.3 Å². The number of carbonyl (C=O) groups excluding carboxylic acids is 2. The lowest BCUT2D eigenvalue weighted by Crippen LogP contribution is -2.06. The minimum Gasteiger partial charge on any atom is -0.466 e. The molecule has 1 rings (SSSR count). The molecule has 0 aliphatic rings. The molecule has 5 heteroatoms. The van der Waals surface area contributed by atoms with Crippen LogP contribution < -0.4 is 0 Å². The van der Waals surface area contributed by atoms with Gasteiger partial charge in [-0.2, -0.15) is 5.10 Å². The molecule has 82 valence electrons. The van der Waals surface area contributed by atoms with E-state index in [0.717, 1.165) is 6.29 Å². The van der Waals surface area contributed by atoms with Crippen LogP contribution in [0.5, 0.6) is 0 Å². The van der Waals surface area contributed by atoms with Gasteiger partial charge in [0.25, 0.3) is 0 Å². The zero-order valence-electron chi connectivity index (χ0n) is 8.68. The lowest BCUT2D eigenvalue weighted by molar-refractivity contribution is -0.143. The average Bonchev–Trinajstić information content (AvgIpc) is 2.66. The van der Waals surface area contributed by atoms with Crippen LogP contribution in [0.25, 0.3) is 0 Å². The SMILES string of the molecule is CCOC(=O)CCCn1cc(C=O)cn1. The van der Waals surface area contributed by atoms with Gasteiger partial charge in [-0.1, -0.05) is 0 Å². The van der Waals surface area contributed by atoms with Crippen molar-refractivity contribution >= 4 is 12.3 Å². The van der Waals surface area contributed by atoms with Gasteiger partial charge >= 0.3 is 5.97 Å². The summed E-state index contributed by atoms with van der Waals surface area (Å²) in [5.41, 5.74) is 0.547. The zero-order valence-corrected chi connectivity index (χ0v) is 8.68. The number of aryl methyl sites for hydroxylation is 1. The largest absolute Gasteiger partial charge is 0.466 e. The number of aromatic nitrogens is 2. The molecule has 5 nitrogen and oxygen atoms in total. The van der Waals surface area contributed by atoms with Gasteiger partial charge in [0.1, 0.15) is 0 Å². The zero-order chi connectivity index (χ0) is 11.1. The van der Waals surface area contributed by atoms with E-state index in [1.807, 2.05) is 0 Å². The minimum atomic E-state index is -0.194. The summed E-state index contributed by atoms with van der Waals surface area (Å²) in [5, 5.41) is 3.96. The van der Waals surface area contributed by atoms with Gasteiger partial charge in [-0.15, -0.1) is 0 Å². The first-order chi connectivity index (χ1) is 7.26. The Hall–Kier alpha value is -1.65. The van der Waals surface area contributed by atoms with Gasteiger partial charge in [0.2, 0.25) is 0 Å². The van der Waals surface area contributed by atoms with E-state index in [4.69, 9.17) is 4.74 Å². The van der Waals surface area contributed by atoms with Crippen LogP contribution in [0.4, 0.5) is 0 Å². The molecular weight excluding hydrogens is 196 g/mol. The number of carbonyl (C=O) groups is 2. The van der Waals surface area contributed by atoms with Crippen LogP contribution >= 0.6 is 0 Å². The van der Waals surface area contributed by atoms with Gasteiger partial charge in [0, 0.05) is 19.2 Å². The maximum Gasteiger partial charge on any atom is 0.305 e. The Morgan fingerprint density at radius 3 is 3.07 bits per heavy atom. The van der Waals surface area contributed by atoms with Gasteiger partial charge in [-0.25, -0.2) is 0 Å². The van der Waals surface area contributed by atoms with Crippen molar-refractivity contribution in [2.45, 2.75) is 26.3 Å². The van der Waals surface area contributed by atoms with Crippen LogP contribution in [0, 0.1) is 0 Å². The Morgan fingerprint density at radius 2 is 2.47 bits per heavy atom. The monoisotopic (exact) mass is 210 g/mol. The lowest BCUT2D eigenvalue weighted by Gasteiger charge is -2.01. The first-order valence-corrected chi connectivity index (χ1v) is 4.89. The van der Waals surface area contributed by atoms with Gasteiger partial charge in [0.15, 0.2) is 6.29 Å². The number of aldehydes is 1. The highest BCUT2D eigenvalue weighted by molar-refractivity contribution is 5.73. The second-order valence-electron chi connectivity index (χ2n) is 3.06. The quantitative estimate of drug-likeness (QED) is 0.520. The molecule has 0 spiro atoms. The van der Waals surface area contributed by atoms with Crippen molar-refractivity contribution in [3.63, 3.8) is 0 Å². The molecule has 0 N–H and O–H groups in total. The summed E-state index contributed by atoms with van der Waals surface area (Å²) >= 11 is 0. The fourth-order valence-corrected chi connectivity index (χ4v) is 1.18. The molecule has 0 aromatic carbocycles. The summed E-state index contributed by atoms with van der Waals surface area (Å²) in [6.07, 6.45) is 4.94. The standard InChI is InChI=1S/C10H14N2O3/c1-2-15-10(14)4-3-5-12-7-9(8-13)6-11-12/h6-8H,2-5H2,1H3. The molecule has 15 heavy (non-hydrogen) atoms. The Morgan fingerprint density at radius 1 is 1.67 bits per heavy atom. The van der Waals surface area contributed by atoms with E-state index in [2.05, 4.69) is 5.10 Å². The highest BCUT2D eigenvalue weighted by atomic mass is 16.5. The molecule has 0 radical (unpaired) electrons.